The maximum atomic E-state index is 13.1. The van der Waals surface area contributed by atoms with Crippen molar-refractivity contribution in [1.29, 1.82) is 0 Å². The van der Waals surface area contributed by atoms with Crippen LogP contribution in [0.2, 0.25) is 5.02 Å². The number of carbonyl (C=O) groups excluding carboxylic acids is 2. The standard InChI is InChI=1S/C21H24ClFN2O2/c1-14(2)24-21(27)15(3)25(13-17-4-8-18(22)9-5-17)20(26)12-16-6-10-19(23)11-7-16/h4-11,14-15H,12-13H2,1-3H3,(H,24,27). The van der Waals surface area contributed by atoms with E-state index >= 15 is 0 Å². The fraction of sp³-hybridized carbons (Fsp3) is 0.333. The van der Waals surface area contributed by atoms with Gasteiger partial charge in [-0.2, -0.15) is 0 Å². The second kappa shape index (κ2) is 9.51. The lowest BCUT2D eigenvalue weighted by atomic mass is 10.1. The Balaban J connectivity index is 2.21. The summed E-state index contributed by atoms with van der Waals surface area (Å²) in [5.41, 5.74) is 1.56. The van der Waals surface area contributed by atoms with E-state index in [2.05, 4.69) is 5.32 Å². The van der Waals surface area contributed by atoms with Gasteiger partial charge in [-0.1, -0.05) is 35.9 Å². The van der Waals surface area contributed by atoms with E-state index in [9.17, 15) is 14.0 Å². The molecular formula is C21H24ClFN2O2. The van der Waals surface area contributed by atoms with Gasteiger partial charge in [-0.25, -0.2) is 4.39 Å². The van der Waals surface area contributed by atoms with Gasteiger partial charge in [-0.15, -0.1) is 0 Å². The Morgan fingerprint density at radius 3 is 2.11 bits per heavy atom. The smallest absolute Gasteiger partial charge is 0.242 e. The Morgan fingerprint density at radius 2 is 1.56 bits per heavy atom. The molecule has 0 bridgehead atoms. The third kappa shape index (κ3) is 6.36. The molecule has 1 N–H and O–H groups in total. The molecular weight excluding hydrogens is 367 g/mol. The summed E-state index contributed by atoms with van der Waals surface area (Å²) in [6.45, 7) is 5.73. The molecule has 2 aromatic rings. The first-order chi connectivity index (χ1) is 12.8. The van der Waals surface area contributed by atoms with Crippen LogP contribution in [0.5, 0.6) is 0 Å². The third-order valence-corrected chi connectivity index (χ3v) is 4.38. The van der Waals surface area contributed by atoms with Gasteiger partial charge in [0.1, 0.15) is 11.9 Å². The lowest BCUT2D eigenvalue weighted by Gasteiger charge is -2.29. The Morgan fingerprint density at radius 1 is 1.00 bits per heavy atom. The molecule has 0 radical (unpaired) electrons. The molecule has 6 heteroatoms. The molecule has 0 aliphatic rings. The number of benzene rings is 2. The Bertz CT molecular complexity index is 776. The van der Waals surface area contributed by atoms with E-state index in [0.717, 1.165) is 5.56 Å². The van der Waals surface area contributed by atoms with Crippen molar-refractivity contribution in [3.05, 3.63) is 70.5 Å². The quantitative estimate of drug-likeness (QED) is 0.777. The number of nitrogens with one attached hydrogen (secondary N) is 1. The summed E-state index contributed by atoms with van der Waals surface area (Å²) in [6.07, 6.45) is 0.0904. The molecule has 144 valence electrons. The molecule has 0 aromatic heterocycles. The number of hydrogen-bond donors (Lipinski definition) is 1. The minimum Gasteiger partial charge on any atom is -0.352 e. The first kappa shape index (κ1) is 20.9. The van der Waals surface area contributed by atoms with E-state index in [1.807, 2.05) is 26.0 Å². The number of amides is 2. The van der Waals surface area contributed by atoms with Crippen LogP contribution >= 0.6 is 11.6 Å². The van der Waals surface area contributed by atoms with E-state index < -0.39 is 6.04 Å². The van der Waals surface area contributed by atoms with Gasteiger partial charge >= 0.3 is 0 Å². The van der Waals surface area contributed by atoms with Gasteiger partial charge in [-0.3, -0.25) is 9.59 Å². The number of nitrogens with zero attached hydrogens (tertiary/aromatic N) is 1. The fourth-order valence-electron chi connectivity index (χ4n) is 2.65. The molecule has 0 heterocycles. The van der Waals surface area contributed by atoms with Crippen molar-refractivity contribution in [1.82, 2.24) is 10.2 Å². The highest BCUT2D eigenvalue weighted by molar-refractivity contribution is 6.30. The highest BCUT2D eigenvalue weighted by atomic mass is 35.5. The van der Waals surface area contributed by atoms with E-state index in [-0.39, 0.29) is 36.6 Å². The Hall–Kier alpha value is -2.40. The minimum absolute atomic E-state index is 0.0236. The lowest BCUT2D eigenvalue weighted by molar-refractivity contribution is -0.140. The van der Waals surface area contributed by atoms with Crippen LogP contribution in [0.1, 0.15) is 31.9 Å². The van der Waals surface area contributed by atoms with Gasteiger partial charge in [0.2, 0.25) is 11.8 Å². The van der Waals surface area contributed by atoms with Crippen LogP contribution in [0.15, 0.2) is 48.5 Å². The van der Waals surface area contributed by atoms with Crippen LogP contribution in [-0.4, -0.2) is 28.8 Å². The second-order valence-electron chi connectivity index (χ2n) is 6.79. The first-order valence-corrected chi connectivity index (χ1v) is 9.23. The Kier molecular flexibility index (Phi) is 7.36. The van der Waals surface area contributed by atoms with Gasteiger partial charge < -0.3 is 10.2 Å². The average Bonchev–Trinajstić information content (AvgIpc) is 2.62. The molecule has 0 saturated heterocycles. The van der Waals surface area contributed by atoms with E-state index in [0.29, 0.717) is 10.6 Å². The maximum absolute atomic E-state index is 13.1. The van der Waals surface area contributed by atoms with Crippen LogP contribution in [0.4, 0.5) is 4.39 Å². The molecule has 0 saturated carbocycles. The summed E-state index contributed by atoms with van der Waals surface area (Å²) in [6, 6.07) is 12.3. The van der Waals surface area contributed by atoms with Crippen molar-refractivity contribution in [2.24, 2.45) is 0 Å². The Labute approximate surface area is 164 Å². The molecule has 0 fully saturated rings. The zero-order valence-corrected chi connectivity index (χ0v) is 16.5. The van der Waals surface area contributed by atoms with Gasteiger partial charge in [0.25, 0.3) is 0 Å². The van der Waals surface area contributed by atoms with E-state index in [1.165, 1.54) is 17.0 Å². The van der Waals surface area contributed by atoms with Gasteiger partial charge in [0.05, 0.1) is 6.42 Å². The van der Waals surface area contributed by atoms with Crippen molar-refractivity contribution in [3.63, 3.8) is 0 Å². The lowest BCUT2D eigenvalue weighted by Crippen LogP contribution is -2.49. The third-order valence-electron chi connectivity index (χ3n) is 4.13. The van der Waals surface area contributed by atoms with Gasteiger partial charge in [0.15, 0.2) is 0 Å². The maximum Gasteiger partial charge on any atom is 0.242 e. The molecule has 1 atom stereocenters. The zero-order chi connectivity index (χ0) is 20.0. The monoisotopic (exact) mass is 390 g/mol. The molecule has 2 rings (SSSR count). The second-order valence-corrected chi connectivity index (χ2v) is 7.23. The van der Waals surface area contributed by atoms with E-state index in [4.69, 9.17) is 11.6 Å². The van der Waals surface area contributed by atoms with Crippen molar-refractivity contribution in [3.8, 4) is 0 Å². The van der Waals surface area contributed by atoms with Crippen LogP contribution < -0.4 is 5.32 Å². The molecule has 0 aliphatic carbocycles. The average molecular weight is 391 g/mol. The minimum atomic E-state index is -0.643. The summed E-state index contributed by atoms with van der Waals surface area (Å²) < 4.78 is 13.1. The van der Waals surface area contributed by atoms with Crippen molar-refractivity contribution in [2.45, 2.75) is 45.8 Å². The normalized spacial score (nSPS) is 11.9. The van der Waals surface area contributed by atoms with Crippen LogP contribution in [0.3, 0.4) is 0 Å². The highest BCUT2D eigenvalue weighted by Gasteiger charge is 2.26. The van der Waals surface area contributed by atoms with Crippen molar-refractivity contribution >= 4 is 23.4 Å². The zero-order valence-electron chi connectivity index (χ0n) is 15.7. The SMILES string of the molecule is CC(C)NC(=O)C(C)N(Cc1ccc(Cl)cc1)C(=O)Cc1ccc(F)cc1. The van der Waals surface area contributed by atoms with Gasteiger partial charge in [-0.05, 0) is 56.2 Å². The summed E-state index contributed by atoms with van der Waals surface area (Å²) in [5.74, 6) is -0.775. The molecule has 0 aliphatic heterocycles. The number of halogens is 2. The fourth-order valence-corrected chi connectivity index (χ4v) is 2.78. The van der Waals surface area contributed by atoms with Gasteiger partial charge in [0, 0.05) is 17.6 Å². The summed E-state index contributed by atoms with van der Waals surface area (Å²) >= 11 is 5.93. The molecule has 0 spiro atoms. The molecule has 27 heavy (non-hydrogen) atoms. The highest BCUT2D eigenvalue weighted by Crippen LogP contribution is 2.15. The molecule has 2 aromatic carbocycles. The first-order valence-electron chi connectivity index (χ1n) is 8.85. The van der Waals surface area contributed by atoms with E-state index in [1.54, 1.807) is 31.2 Å². The largest absolute Gasteiger partial charge is 0.352 e. The predicted molar refractivity (Wildman–Crippen MR) is 105 cm³/mol. The predicted octanol–water partition coefficient (Wildman–Crippen LogP) is 3.96. The molecule has 2 amide bonds. The van der Waals surface area contributed by atoms with Crippen molar-refractivity contribution < 1.29 is 14.0 Å². The number of hydrogen-bond acceptors (Lipinski definition) is 2. The molecule has 1 unspecified atom stereocenters. The summed E-state index contributed by atoms with van der Waals surface area (Å²) in [7, 11) is 0. The van der Waals surface area contributed by atoms with Crippen LogP contribution in [0, 0.1) is 5.82 Å². The number of carbonyl (C=O) groups is 2. The topological polar surface area (TPSA) is 49.4 Å². The summed E-state index contributed by atoms with van der Waals surface area (Å²) in [5, 5.41) is 3.45. The van der Waals surface area contributed by atoms with Crippen LogP contribution in [-0.2, 0) is 22.6 Å². The summed E-state index contributed by atoms with van der Waals surface area (Å²) in [4.78, 5) is 26.9. The molecule has 4 nitrogen and oxygen atoms in total. The van der Waals surface area contributed by atoms with Crippen LogP contribution in [0.25, 0.3) is 0 Å². The van der Waals surface area contributed by atoms with Crippen molar-refractivity contribution in [2.75, 3.05) is 0 Å². The number of rotatable bonds is 7.